The standard InChI is InChI=1S/C13H20N4O2.C10H7NO2.ClH/c1-3-14-4-2-11(1)19-13-12(15-5-6-16-13)17-7-9-18-10-8-17;12-10(13)9-6-5-7-3-1-2-4-8(7)11-9;/h5-6,11,14H,1-4,7-10H2;1-6H,(H,12,13);1H. The van der Waals surface area contributed by atoms with E-state index in [1.54, 1.807) is 24.5 Å². The molecule has 2 aliphatic rings. The van der Waals surface area contributed by atoms with Crippen molar-refractivity contribution in [3.63, 3.8) is 0 Å². The maximum Gasteiger partial charge on any atom is 0.354 e. The van der Waals surface area contributed by atoms with Crippen LogP contribution in [0.2, 0.25) is 0 Å². The first kappa shape index (κ1) is 24.6. The number of benzene rings is 1. The van der Waals surface area contributed by atoms with E-state index in [0.717, 1.165) is 63.4 Å². The molecule has 2 saturated heterocycles. The van der Waals surface area contributed by atoms with Crippen molar-refractivity contribution in [1.29, 1.82) is 0 Å². The molecule has 4 heterocycles. The summed E-state index contributed by atoms with van der Waals surface area (Å²) in [4.78, 5) is 25.5. The molecule has 0 atom stereocenters. The molecular formula is C23H28ClN5O4. The second kappa shape index (κ2) is 12.3. The van der Waals surface area contributed by atoms with E-state index in [0.29, 0.717) is 11.4 Å². The third kappa shape index (κ3) is 6.74. The maximum absolute atomic E-state index is 10.6. The molecule has 5 rings (SSSR count). The summed E-state index contributed by atoms with van der Waals surface area (Å²) in [5.41, 5.74) is 0.793. The van der Waals surface area contributed by atoms with Gasteiger partial charge in [-0.2, -0.15) is 0 Å². The first-order valence-corrected chi connectivity index (χ1v) is 10.8. The minimum absolute atomic E-state index is 0. The molecule has 0 spiro atoms. The second-order valence-corrected chi connectivity index (χ2v) is 7.55. The fraction of sp³-hybridized carbons (Fsp3) is 0.391. The van der Waals surface area contributed by atoms with Crippen molar-refractivity contribution in [3.05, 3.63) is 54.5 Å². The van der Waals surface area contributed by atoms with Gasteiger partial charge in [0.25, 0.3) is 5.88 Å². The number of ether oxygens (including phenoxy) is 2. The molecule has 176 valence electrons. The Morgan fingerprint density at radius 3 is 2.55 bits per heavy atom. The van der Waals surface area contributed by atoms with Crippen LogP contribution >= 0.6 is 12.4 Å². The van der Waals surface area contributed by atoms with Gasteiger partial charge in [-0.15, -0.1) is 12.4 Å². The number of morpholine rings is 1. The number of aromatic nitrogens is 3. The highest BCUT2D eigenvalue weighted by molar-refractivity contribution is 5.89. The lowest BCUT2D eigenvalue weighted by Gasteiger charge is -2.30. The average Bonchev–Trinajstić information content (AvgIpc) is 2.86. The molecule has 2 aromatic heterocycles. The van der Waals surface area contributed by atoms with Crippen LogP contribution < -0.4 is 15.0 Å². The van der Waals surface area contributed by atoms with Crippen LogP contribution in [0.1, 0.15) is 23.3 Å². The SMILES string of the molecule is Cl.O=C(O)c1ccc2ccccc2n1.c1cnc(N2CCOCC2)c(OC2CCNCC2)n1. The number of aromatic carboxylic acids is 1. The number of hydrogen-bond acceptors (Lipinski definition) is 8. The van der Waals surface area contributed by atoms with Gasteiger partial charge in [0.2, 0.25) is 0 Å². The predicted octanol–water partition coefficient (Wildman–Crippen LogP) is 2.80. The molecule has 10 heteroatoms. The topological polar surface area (TPSA) is 110 Å². The highest BCUT2D eigenvalue weighted by atomic mass is 35.5. The van der Waals surface area contributed by atoms with E-state index in [4.69, 9.17) is 14.6 Å². The summed E-state index contributed by atoms with van der Waals surface area (Å²) in [5, 5.41) is 13.0. The number of carboxylic acid groups (broad SMARTS) is 1. The van der Waals surface area contributed by atoms with E-state index in [9.17, 15) is 4.79 Å². The first-order valence-electron chi connectivity index (χ1n) is 10.8. The zero-order valence-corrected chi connectivity index (χ0v) is 19.0. The summed E-state index contributed by atoms with van der Waals surface area (Å²) in [7, 11) is 0. The number of carbonyl (C=O) groups is 1. The van der Waals surface area contributed by atoms with Crippen LogP contribution in [0.4, 0.5) is 5.82 Å². The highest BCUT2D eigenvalue weighted by Gasteiger charge is 2.21. The minimum atomic E-state index is -0.995. The molecule has 33 heavy (non-hydrogen) atoms. The number of nitrogens with one attached hydrogen (secondary N) is 1. The number of carboxylic acids is 1. The van der Waals surface area contributed by atoms with Crippen LogP contribution in [-0.4, -0.2) is 71.5 Å². The minimum Gasteiger partial charge on any atom is -0.477 e. The lowest BCUT2D eigenvalue weighted by molar-refractivity contribution is 0.0691. The quantitative estimate of drug-likeness (QED) is 0.590. The van der Waals surface area contributed by atoms with Gasteiger partial charge in [-0.05, 0) is 38.1 Å². The highest BCUT2D eigenvalue weighted by Crippen LogP contribution is 2.25. The molecule has 0 unspecified atom stereocenters. The molecule has 0 saturated carbocycles. The number of nitrogens with zero attached hydrogens (tertiary/aromatic N) is 4. The summed E-state index contributed by atoms with van der Waals surface area (Å²) in [5.74, 6) is 0.520. The Morgan fingerprint density at radius 2 is 1.79 bits per heavy atom. The van der Waals surface area contributed by atoms with Crippen molar-refractivity contribution >= 4 is 35.1 Å². The van der Waals surface area contributed by atoms with Gasteiger partial charge in [0.15, 0.2) is 5.82 Å². The van der Waals surface area contributed by atoms with E-state index >= 15 is 0 Å². The van der Waals surface area contributed by atoms with Gasteiger partial charge in [0.1, 0.15) is 11.8 Å². The number of anilines is 1. The van der Waals surface area contributed by atoms with E-state index in [1.807, 2.05) is 18.2 Å². The summed E-state index contributed by atoms with van der Waals surface area (Å²) in [6.45, 7) is 5.20. The van der Waals surface area contributed by atoms with Crippen molar-refractivity contribution in [1.82, 2.24) is 20.3 Å². The van der Waals surface area contributed by atoms with E-state index in [-0.39, 0.29) is 24.2 Å². The molecule has 0 aliphatic carbocycles. The zero-order valence-electron chi connectivity index (χ0n) is 18.2. The number of piperidine rings is 1. The van der Waals surface area contributed by atoms with Gasteiger partial charge >= 0.3 is 5.97 Å². The van der Waals surface area contributed by atoms with Crippen molar-refractivity contribution in [2.45, 2.75) is 18.9 Å². The van der Waals surface area contributed by atoms with Crippen LogP contribution in [0.15, 0.2) is 48.8 Å². The Hall–Kier alpha value is -3.01. The molecule has 9 nitrogen and oxygen atoms in total. The third-order valence-electron chi connectivity index (χ3n) is 5.34. The number of para-hydroxylation sites is 1. The fourth-order valence-corrected chi connectivity index (χ4v) is 3.65. The Bertz CT molecular complexity index is 1040. The molecule has 1 aromatic carbocycles. The van der Waals surface area contributed by atoms with Crippen LogP contribution in [0.5, 0.6) is 5.88 Å². The normalized spacial score (nSPS) is 16.3. The lowest BCUT2D eigenvalue weighted by atomic mass is 10.1. The zero-order chi connectivity index (χ0) is 22.2. The van der Waals surface area contributed by atoms with Crippen LogP contribution in [0.3, 0.4) is 0 Å². The fourth-order valence-electron chi connectivity index (χ4n) is 3.65. The monoisotopic (exact) mass is 473 g/mol. The number of rotatable bonds is 4. The van der Waals surface area contributed by atoms with Gasteiger partial charge in [-0.1, -0.05) is 24.3 Å². The summed E-state index contributed by atoms with van der Waals surface area (Å²) < 4.78 is 11.4. The van der Waals surface area contributed by atoms with Crippen molar-refractivity contribution in [3.8, 4) is 5.88 Å². The van der Waals surface area contributed by atoms with Crippen molar-refractivity contribution < 1.29 is 19.4 Å². The van der Waals surface area contributed by atoms with E-state index < -0.39 is 5.97 Å². The van der Waals surface area contributed by atoms with Gasteiger partial charge in [0.05, 0.1) is 18.7 Å². The third-order valence-corrected chi connectivity index (χ3v) is 5.34. The predicted molar refractivity (Wildman–Crippen MR) is 128 cm³/mol. The van der Waals surface area contributed by atoms with Gasteiger partial charge in [0, 0.05) is 30.9 Å². The summed E-state index contributed by atoms with van der Waals surface area (Å²) >= 11 is 0. The van der Waals surface area contributed by atoms with Crippen LogP contribution in [-0.2, 0) is 4.74 Å². The molecule has 2 fully saturated rings. The number of fused-ring (bicyclic) bond motifs is 1. The molecule has 2 N–H and O–H groups in total. The summed E-state index contributed by atoms with van der Waals surface area (Å²) in [6.07, 6.45) is 5.72. The molecule has 0 amide bonds. The van der Waals surface area contributed by atoms with Crippen LogP contribution in [0, 0.1) is 0 Å². The van der Waals surface area contributed by atoms with Gasteiger partial charge in [-0.25, -0.2) is 19.7 Å². The molecule has 0 radical (unpaired) electrons. The number of halogens is 1. The number of pyridine rings is 1. The molecule has 3 aromatic rings. The van der Waals surface area contributed by atoms with Crippen molar-refractivity contribution in [2.24, 2.45) is 0 Å². The number of hydrogen-bond donors (Lipinski definition) is 2. The van der Waals surface area contributed by atoms with E-state index in [2.05, 4.69) is 25.2 Å². The van der Waals surface area contributed by atoms with Crippen LogP contribution in [0.25, 0.3) is 10.9 Å². The van der Waals surface area contributed by atoms with Gasteiger partial charge < -0.3 is 24.8 Å². The molecular weight excluding hydrogens is 446 g/mol. The Morgan fingerprint density at radius 1 is 1.06 bits per heavy atom. The largest absolute Gasteiger partial charge is 0.477 e. The van der Waals surface area contributed by atoms with E-state index in [1.165, 1.54) is 6.07 Å². The lowest BCUT2D eigenvalue weighted by Crippen LogP contribution is -2.38. The first-order chi connectivity index (χ1) is 15.7. The summed E-state index contributed by atoms with van der Waals surface area (Å²) in [6, 6.07) is 10.7. The Balaban J connectivity index is 0.000000192. The molecule has 0 bridgehead atoms. The maximum atomic E-state index is 10.6. The van der Waals surface area contributed by atoms with Crippen molar-refractivity contribution in [2.75, 3.05) is 44.3 Å². The van der Waals surface area contributed by atoms with Gasteiger partial charge in [-0.3, -0.25) is 0 Å². The molecule has 2 aliphatic heterocycles. The smallest absolute Gasteiger partial charge is 0.354 e. The Labute approximate surface area is 198 Å². The Kier molecular flexibility index (Phi) is 9.17. The average molecular weight is 474 g/mol. The second-order valence-electron chi connectivity index (χ2n) is 7.55.